The van der Waals surface area contributed by atoms with Crippen molar-refractivity contribution >= 4 is 11.8 Å². The third kappa shape index (κ3) is 5.65. The lowest BCUT2D eigenvalue weighted by Gasteiger charge is -2.14. The summed E-state index contributed by atoms with van der Waals surface area (Å²) in [6.45, 7) is 8.96. The summed E-state index contributed by atoms with van der Waals surface area (Å²) < 4.78 is 7.51. The van der Waals surface area contributed by atoms with Crippen LogP contribution in [0.2, 0.25) is 0 Å². The number of para-hydroxylation sites is 1. The predicted octanol–water partition coefficient (Wildman–Crippen LogP) is 2.59. The first kappa shape index (κ1) is 18.5. The molecule has 130 valence electrons. The van der Waals surface area contributed by atoms with E-state index in [1.54, 1.807) is 4.68 Å². The van der Waals surface area contributed by atoms with E-state index in [2.05, 4.69) is 36.0 Å². The van der Waals surface area contributed by atoms with E-state index < -0.39 is 6.10 Å². The monoisotopic (exact) mass is 348 g/mol. The van der Waals surface area contributed by atoms with E-state index in [0.29, 0.717) is 11.7 Å². The molecular formula is C17H24N4O2S. The Hall–Kier alpha value is -1.86. The van der Waals surface area contributed by atoms with E-state index in [0.717, 1.165) is 29.4 Å². The number of hydrogen-bond acceptors (Lipinski definition) is 6. The van der Waals surface area contributed by atoms with E-state index >= 15 is 0 Å². The highest BCUT2D eigenvalue weighted by Crippen LogP contribution is 2.20. The van der Waals surface area contributed by atoms with Crippen LogP contribution in [-0.4, -0.2) is 43.8 Å². The maximum absolute atomic E-state index is 10.2. The molecule has 1 aromatic carbocycles. The Kier molecular flexibility index (Phi) is 7.27. The van der Waals surface area contributed by atoms with Crippen molar-refractivity contribution in [2.45, 2.75) is 38.1 Å². The summed E-state index contributed by atoms with van der Waals surface area (Å²) in [4.78, 5) is 0. The van der Waals surface area contributed by atoms with E-state index in [4.69, 9.17) is 4.74 Å². The van der Waals surface area contributed by atoms with E-state index in [1.165, 1.54) is 11.8 Å². The molecular weight excluding hydrogens is 324 g/mol. The van der Waals surface area contributed by atoms with Gasteiger partial charge in [-0.05, 0) is 34.4 Å². The van der Waals surface area contributed by atoms with Crippen LogP contribution in [0.4, 0.5) is 0 Å². The Morgan fingerprint density at radius 2 is 2.17 bits per heavy atom. The second-order valence-electron chi connectivity index (χ2n) is 5.91. The lowest BCUT2D eigenvalue weighted by Crippen LogP contribution is -2.21. The zero-order chi connectivity index (χ0) is 17.4. The molecule has 7 heteroatoms. The number of thioether (sulfide) groups is 1. The highest BCUT2D eigenvalue weighted by Gasteiger charge is 2.13. The number of rotatable bonds is 10. The largest absolute Gasteiger partial charge is 0.491 e. The zero-order valence-corrected chi connectivity index (χ0v) is 14.9. The number of benzene rings is 1. The van der Waals surface area contributed by atoms with Gasteiger partial charge in [-0.3, -0.25) is 0 Å². The van der Waals surface area contributed by atoms with Crippen LogP contribution in [0.15, 0.2) is 42.1 Å². The maximum atomic E-state index is 10.2. The molecule has 6 nitrogen and oxygen atoms in total. The summed E-state index contributed by atoms with van der Waals surface area (Å²) in [7, 11) is 0. The first-order chi connectivity index (χ1) is 11.6. The van der Waals surface area contributed by atoms with Gasteiger partial charge in [0.05, 0.1) is 6.10 Å². The highest BCUT2D eigenvalue weighted by molar-refractivity contribution is 7.99. The first-order valence-corrected chi connectivity index (χ1v) is 8.97. The summed E-state index contributed by atoms with van der Waals surface area (Å²) in [6, 6.07) is 7.79. The van der Waals surface area contributed by atoms with Gasteiger partial charge in [-0.2, -0.15) is 0 Å². The average molecular weight is 348 g/mol. The molecule has 24 heavy (non-hydrogen) atoms. The number of allylic oxidation sites excluding steroid dienone is 1. The minimum Gasteiger partial charge on any atom is -0.491 e. The topological polar surface area (TPSA) is 73.1 Å². The van der Waals surface area contributed by atoms with Crippen molar-refractivity contribution in [2.75, 3.05) is 12.4 Å². The fourth-order valence-electron chi connectivity index (χ4n) is 2.13. The molecule has 1 unspecified atom stereocenters. The van der Waals surface area contributed by atoms with Gasteiger partial charge in [0.15, 0.2) is 0 Å². The molecule has 0 saturated heterocycles. The standard InChI is InChI=1S/C17H24N4O2S/c1-4-7-14-8-5-6-9-16(14)23-11-15(22)12-24-17-18-19-20-21(17)10-13(2)3/h4-6,8-9,13,15,22H,1,7,10-12H2,2-3H3. The predicted molar refractivity (Wildman–Crippen MR) is 95.2 cm³/mol. The molecule has 1 atom stereocenters. The van der Waals surface area contributed by atoms with Gasteiger partial charge >= 0.3 is 0 Å². The van der Waals surface area contributed by atoms with Crippen molar-refractivity contribution in [2.24, 2.45) is 5.92 Å². The van der Waals surface area contributed by atoms with Crippen molar-refractivity contribution < 1.29 is 9.84 Å². The number of aromatic nitrogens is 4. The summed E-state index contributed by atoms with van der Waals surface area (Å²) in [6.07, 6.45) is 1.98. The summed E-state index contributed by atoms with van der Waals surface area (Å²) >= 11 is 1.43. The second-order valence-corrected chi connectivity index (χ2v) is 6.90. The van der Waals surface area contributed by atoms with Crippen LogP contribution in [0.25, 0.3) is 0 Å². The van der Waals surface area contributed by atoms with Crippen LogP contribution in [-0.2, 0) is 13.0 Å². The van der Waals surface area contributed by atoms with Crippen LogP contribution in [0, 0.1) is 5.92 Å². The lowest BCUT2D eigenvalue weighted by atomic mass is 10.1. The van der Waals surface area contributed by atoms with Gasteiger partial charge < -0.3 is 9.84 Å². The molecule has 1 aromatic heterocycles. The molecule has 2 rings (SSSR count). The molecule has 2 aromatic rings. The van der Waals surface area contributed by atoms with Gasteiger partial charge in [0.25, 0.3) is 0 Å². The van der Waals surface area contributed by atoms with Crippen molar-refractivity contribution in [3.8, 4) is 5.75 Å². The smallest absolute Gasteiger partial charge is 0.209 e. The van der Waals surface area contributed by atoms with Crippen LogP contribution in [0.5, 0.6) is 5.75 Å². The maximum Gasteiger partial charge on any atom is 0.209 e. The lowest BCUT2D eigenvalue weighted by molar-refractivity contribution is 0.126. The number of nitrogens with zero attached hydrogens (tertiary/aromatic N) is 4. The SMILES string of the molecule is C=CCc1ccccc1OCC(O)CSc1nnnn1CC(C)C. The molecule has 0 saturated carbocycles. The molecule has 1 heterocycles. The Morgan fingerprint density at radius 3 is 2.92 bits per heavy atom. The normalized spacial score (nSPS) is 12.3. The molecule has 0 aliphatic carbocycles. The van der Waals surface area contributed by atoms with Crippen molar-refractivity contribution in [3.05, 3.63) is 42.5 Å². The van der Waals surface area contributed by atoms with E-state index in [-0.39, 0.29) is 6.61 Å². The number of aliphatic hydroxyl groups is 1. The number of tetrazole rings is 1. The zero-order valence-electron chi connectivity index (χ0n) is 14.1. The summed E-state index contributed by atoms with van der Waals surface area (Å²) in [5, 5.41) is 22.5. The summed E-state index contributed by atoms with van der Waals surface area (Å²) in [5.41, 5.74) is 1.06. The van der Waals surface area contributed by atoms with Crippen molar-refractivity contribution in [1.29, 1.82) is 0 Å². The Morgan fingerprint density at radius 1 is 1.38 bits per heavy atom. The number of ether oxygens (including phenoxy) is 1. The van der Waals surface area contributed by atoms with Crippen LogP contribution in [0.1, 0.15) is 19.4 Å². The minimum atomic E-state index is -0.601. The van der Waals surface area contributed by atoms with Crippen LogP contribution >= 0.6 is 11.8 Å². The Labute approximate surface area is 146 Å². The summed E-state index contributed by atoms with van der Waals surface area (Å²) in [5.74, 6) is 1.72. The second kappa shape index (κ2) is 9.44. The molecule has 0 amide bonds. The average Bonchev–Trinajstić information content (AvgIpc) is 2.98. The third-order valence-electron chi connectivity index (χ3n) is 3.21. The fraction of sp³-hybridized carbons (Fsp3) is 0.471. The van der Waals surface area contributed by atoms with Crippen LogP contribution < -0.4 is 4.74 Å². The van der Waals surface area contributed by atoms with E-state index in [9.17, 15) is 5.11 Å². The number of aliphatic hydroxyl groups excluding tert-OH is 1. The molecule has 0 bridgehead atoms. The van der Waals surface area contributed by atoms with Gasteiger partial charge in [0.1, 0.15) is 12.4 Å². The van der Waals surface area contributed by atoms with Crippen molar-refractivity contribution in [1.82, 2.24) is 20.2 Å². The molecule has 0 radical (unpaired) electrons. The van der Waals surface area contributed by atoms with Crippen LogP contribution in [0.3, 0.4) is 0 Å². The highest BCUT2D eigenvalue weighted by atomic mass is 32.2. The van der Waals surface area contributed by atoms with Crippen molar-refractivity contribution in [3.63, 3.8) is 0 Å². The fourth-order valence-corrected chi connectivity index (χ4v) is 2.93. The Balaban J connectivity index is 1.83. The van der Waals surface area contributed by atoms with Gasteiger partial charge in [0, 0.05) is 12.3 Å². The molecule has 0 aliphatic rings. The third-order valence-corrected chi connectivity index (χ3v) is 4.31. The minimum absolute atomic E-state index is 0.229. The van der Waals surface area contributed by atoms with E-state index in [1.807, 2.05) is 30.3 Å². The van der Waals surface area contributed by atoms with Gasteiger partial charge in [-0.15, -0.1) is 11.7 Å². The van der Waals surface area contributed by atoms with Gasteiger partial charge in [0.2, 0.25) is 5.16 Å². The first-order valence-electron chi connectivity index (χ1n) is 7.98. The molecule has 0 fully saturated rings. The molecule has 0 aliphatic heterocycles. The molecule has 1 N–H and O–H groups in total. The Bertz CT molecular complexity index is 645. The van der Waals surface area contributed by atoms with Gasteiger partial charge in [-0.1, -0.05) is 49.9 Å². The van der Waals surface area contributed by atoms with Gasteiger partial charge in [-0.25, -0.2) is 4.68 Å². The number of hydrogen-bond donors (Lipinski definition) is 1. The molecule has 0 spiro atoms. The quantitative estimate of drug-likeness (QED) is 0.525.